The van der Waals surface area contributed by atoms with Crippen LogP contribution < -0.4 is 10.1 Å². The molecule has 0 spiro atoms. The van der Waals surface area contributed by atoms with Crippen LogP contribution >= 0.6 is 11.3 Å². The first kappa shape index (κ1) is 12.1. The van der Waals surface area contributed by atoms with E-state index >= 15 is 0 Å². The number of para-hydroxylation sites is 1. The Kier molecular flexibility index (Phi) is 4.18. The first-order valence-corrected chi connectivity index (χ1v) is 6.55. The minimum Gasteiger partial charge on any atom is -0.496 e. The Hall–Kier alpha value is -1.32. The molecule has 0 fully saturated rings. The number of hydrogen-bond donors (Lipinski definition) is 1. The molecule has 1 heterocycles. The van der Waals surface area contributed by atoms with Crippen LogP contribution in [0.25, 0.3) is 0 Å². The third kappa shape index (κ3) is 3.08. The van der Waals surface area contributed by atoms with Gasteiger partial charge in [-0.25, -0.2) is 0 Å². The quantitative estimate of drug-likeness (QED) is 0.875. The fraction of sp³-hybridized carbons (Fsp3) is 0.286. The molecular weight excluding hydrogens is 230 g/mol. The standard InChI is InChI=1S/C14H17NOS/c1-11-7-8-17-14(11)10-15-9-12-5-3-4-6-13(12)16-2/h3-8,15H,9-10H2,1-2H3. The van der Waals surface area contributed by atoms with Gasteiger partial charge in [0.05, 0.1) is 7.11 Å². The second kappa shape index (κ2) is 5.84. The van der Waals surface area contributed by atoms with E-state index in [-0.39, 0.29) is 0 Å². The van der Waals surface area contributed by atoms with Gasteiger partial charge in [-0.15, -0.1) is 11.3 Å². The molecule has 2 nitrogen and oxygen atoms in total. The van der Waals surface area contributed by atoms with Gasteiger partial charge in [-0.3, -0.25) is 0 Å². The van der Waals surface area contributed by atoms with Gasteiger partial charge in [0.1, 0.15) is 5.75 Å². The van der Waals surface area contributed by atoms with Crippen molar-refractivity contribution >= 4 is 11.3 Å². The Labute approximate surface area is 106 Å². The average molecular weight is 247 g/mol. The van der Waals surface area contributed by atoms with Crippen LogP contribution in [0.15, 0.2) is 35.7 Å². The number of ether oxygens (including phenoxy) is 1. The van der Waals surface area contributed by atoms with Crippen LogP contribution in [0.4, 0.5) is 0 Å². The lowest BCUT2D eigenvalue weighted by Gasteiger charge is -2.09. The predicted molar refractivity (Wildman–Crippen MR) is 72.6 cm³/mol. The lowest BCUT2D eigenvalue weighted by atomic mass is 10.2. The van der Waals surface area contributed by atoms with Crippen LogP contribution in [-0.4, -0.2) is 7.11 Å². The molecule has 0 aliphatic heterocycles. The molecule has 0 aliphatic carbocycles. The summed E-state index contributed by atoms with van der Waals surface area (Å²) in [4.78, 5) is 1.40. The summed E-state index contributed by atoms with van der Waals surface area (Å²) in [5.74, 6) is 0.947. The Bertz CT molecular complexity index is 479. The fourth-order valence-electron chi connectivity index (χ4n) is 1.74. The molecular formula is C14H17NOS. The first-order chi connectivity index (χ1) is 8.31. The Morgan fingerprint density at radius 2 is 2.00 bits per heavy atom. The summed E-state index contributed by atoms with van der Waals surface area (Å²) in [5, 5.41) is 5.58. The lowest BCUT2D eigenvalue weighted by Crippen LogP contribution is -2.13. The summed E-state index contributed by atoms with van der Waals surface area (Å²) in [6.45, 7) is 3.90. The monoisotopic (exact) mass is 247 g/mol. The van der Waals surface area contributed by atoms with Gasteiger partial charge < -0.3 is 10.1 Å². The van der Waals surface area contributed by atoms with Gasteiger partial charge in [0.25, 0.3) is 0 Å². The minimum atomic E-state index is 0.835. The summed E-state index contributed by atoms with van der Waals surface area (Å²) in [7, 11) is 1.71. The highest BCUT2D eigenvalue weighted by Gasteiger charge is 2.02. The van der Waals surface area contributed by atoms with Gasteiger partial charge >= 0.3 is 0 Å². The normalized spacial score (nSPS) is 10.5. The second-order valence-corrected chi connectivity index (χ2v) is 4.94. The van der Waals surface area contributed by atoms with Crippen molar-refractivity contribution < 1.29 is 4.74 Å². The number of hydrogen-bond acceptors (Lipinski definition) is 3. The second-order valence-electron chi connectivity index (χ2n) is 3.94. The van der Waals surface area contributed by atoms with Crippen LogP contribution in [0.2, 0.25) is 0 Å². The molecule has 0 aliphatic rings. The first-order valence-electron chi connectivity index (χ1n) is 5.67. The van der Waals surface area contributed by atoms with Gasteiger partial charge in [0, 0.05) is 23.5 Å². The molecule has 90 valence electrons. The lowest BCUT2D eigenvalue weighted by molar-refractivity contribution is 0.407. The van der Waals surface area contributed by atoms with Crippen molar-refractivity contribution in [1.29, 1.82) is 0 Å². The minimum absolute atomic E-state index is 0.835. The van der Waals surface area contributed by atoms with Crippen LogP contribution in [0.1, 0.15) is 16.0 Å². The molecule has 1 N–H and O–H groups in total. The molecule has 17 heavy (non-hydrogen) atoms. The van der Waals surface area contributed by atoms with Crippen molar-refractivity contribution in [2.24, 2.45) is 0 Å². The van der Waals surface area contributed by atoms with E-state index in [9.17, 15) is 0 Å². The molecule has 0 radical (unpaired) electrons. The summed E-state index contributed by atoms with van der Waals surface area (Å²) < 4.78 is 5.32. The number of benzene rings is 1. The van der Waals surface area contributed by atoms with Gasteiger partial charge in [0.2, 0.25) is 0 Å². The predicted octanol–water partition coefficient (Wildman–Crippen LogP) is 3.35. The molecule has 0 saturated heterocycles. The summed E-state index contributed by atoms with van der Waals surface area (Å²) >= 11 is 1.80. The molecule has 2 rings (SSSR count). The molecule has 0 atom stereocenters. The summed E-state index contributed by atoms with van der Waals surface area (Å²) in [6.07, 6.45) is 0. The van der Waals surface area contributed by atoms with Gasteiger partial charge in [0.15, 0.2) is 0 Å². The molecule has 3 heteroatoms. The van der Waals surface area contributed by atoms with Gasteiger partial charge in [-0.05, 0) is 30.0 Å². The number of methoxy groups -OCH3 is 1. The molecule has 0 bridgehead atoms. The molecule has 0 amide bonds. The number of nitrogens with one attached hydrogen (secondary N) is 1. The Balaban J connectivity index is 1.92. The van der Waals surface area contributed by atoms with Crippen molar-refractivity contribution in [1.82, 2.24) is 5.32 Å². The van der Waals surface area contributed by atoms with Crippen LogP contribution in [0.3, 0.4) is 0 Å². The van der Waals surface area contributed by atoms with Crippen molar-refractivity contribution in [2.75, 3.05) is 7.11 Å². The van der Waals surface area contributed by atoms with E-state index < -0.39 is 0 Å². The number of thiophene rings is 1. The van der Waals surface area contributed by atoms with Crippen molar-refractivity contribution in [3.63, 3.8) is 0 Å². The topological polar surface area (TPSA) is 21.3 Å². The van der Waals surface area contributed by atoms with E-state index in [1.54, 1.807) is 18.4 Å². The highest BCUT2D eigenvalue weighted by Crippen LogP contribution is 2.18. The Morgan fingerprint density at radius 1 is 1.18 bits per heavy atom. The van der Waals surface area contributed by atoms with E-state index in [2.05, 4.69) is 29.8 Å². The van der Waals surface area contributed by atoms with Crippen LogP contribution in [0, 0.1) is 6.92 Å². The SMILES string of the molecule is COc1ccccc1CNCc1sccc1C. The number of aryl methyl sites for hydroxylation is 1. The zero-order chi connectivity index (χ0) is 12.1. The number of rotatable bonds is 5. The fourth-order valence-corrected chi connectivity index (χ4v) is 2.62. The van der Waals surface area contributed by atoms with Gasteiger partial charge in [-0.1, -0.05) is 18.2 Å². The Morgan fingerprint density at radius 3 is 2.71 bits per heavy atom. The maximum Gasteiger partial charge on any atom is 0.123 e. The average Bonchev–Trinajstić information content (AvgIpc) is 2.76. The molecule has 0 saturated carbocycles. The molecule has 1 aromatic carbocycles. The smallest absolute Gasteiger partial charge is 0.123 e. The van der Waals surface area contributed by atoms with Crippen molar-refractivity contribution in [3.05, 3.63) is 51.7 Å². The zero-order valence-corrected chi connectivity index (χ0v) is 11.0. The van der Waals surface area contributed by atoms with E-state index in [1.165, 1.54) is 16.0 Å². The molecule has 1 aromatic heterocycles. The van der Waals surface area contributed by atoms with E-state index in [0.717, 1.165) is 18.8 Å². The summed E-state index contributed by atoms with van der Waals surface area (Å²) in [5.41, 5.74) is 2.56. The highest BCUT2D eigenvalue weighted by molar-refractivity contribution is 7.10. The summed E-state index contributed by atoms with van der Waals surface area (Å²) in [6, 6.07) is 10.3. The molecule has 0 unspecified atom stereocenters. The van der Waals surface area contributed by atoms with Crippen molar-refractivity contribution in [2.45, 2.75) is 20.0 Å². The maximum atomic E-state index is 5.32. The van der Waals surface area contributed by atoms with Gasteiger partial charge in [-0.2, -0.15) is 0 Å². The molecule has 2 aromatic rings. The van der Waals surface area contributed by atoms with Crippen molar-refractivity contribution in [3.8, 4) is 5.75 Å². The zero-order valence-electron chi connectivity index (χ0n) is 10.2. The maximum absolute atomic E-state index is 5.32. The largest absolute Gasteiger partial charge is 0.496 e. The van der Waals surface area contributed by atoms with E-state index in [1.807, 2.05) is 18.2 Å². The van der Waals surface area contributed by atoms with Crippen LogP contribution in [-0.2, 0) is 13.1 Å². The third-order valence-electron chi connectivity index (χ3n) is 2.76. The van der Waals surface area contributed by atoms with Crippen LogP contribution in [0.5, 0.6) is 5.75 Å². The highest BCUT2D eigenvalue weighted by atomic mass is 32.1. The van der Waals surface area contributed by atoms with E-state index in [0.29, 0.717) is 0 Å². The third-order valence-corrected chi connectivity index (χ3v) is 3.78. The van der Waals surface area contributed by atoms with E-state index in [4.69, 9.17) is 4.74 Å².